The highest BCUT2D eigenvalue weighted by Crippen LogP contribution is 2.36. The van der Waals surface area contributed by atoms with E-state index in [4.69, 9.17) is 4.74 Å². The van der Waals surface area contributed by atoms with Gasteiger partial charge in [-0.15, -0.1) is 12.4 Å². The standard InChI is InChI=1S/C20H14F6N2O2.ClH/c1-10-5-17(30-2)15-9-14(3-4-16(15)27-10)28-18(29)11-6-12(19(21,22)23)8-13(7-11)20(24,25)26;/h3-9H,1-2H3,(H,28,29);1H. The maximum atomic E-state index is 13.0. The summed E-state index contributed by atoms with van der Waals surface area (Å²) in [7, 11) is 1.43. The van der Waals surface area contributed by atoms with Gasteiger partial charge in [0.25, 0.3) is 5.91 Å². The van der Waals surface area contributed by atoms with Gasteiger partial charge in [-0.05, 0) is 43.3 Å². The summed E-state index contributed by atoms with van der Waals surface area (Å²) >= 11 is 0. The summed E-state index contributed by atoms with van der Waals surface area (Å²) in [6, 6.07) is 6.81. The van der Waals surface area contributed by atoms with Crippen molar-refractivity contribution in [2.75, 3.05) is 12.4 Å². The molecule has 2 aromatic carbocycles. The first-order chi connectivity index (χ1) is 13.9. The minimum Gasteiger partial charge on any atom is -0.496 e. The van der Waals surface area contributed by atoms with E-state index in [1.54, 1.807) is 19.1 Å². The first-order valence-electron chi connectivity index (χ1n) is 8.45. The number of benzene rings is 2. The molecule has 0 aliphatic carbocycles. The normalized spacial score (nSPS) is 11.7. The smallest absolute Gasteiger partial charge is 0.416 e. The number of nitrogens with one attached hydrogen (secondary N) is 1. The second-order valence-electron chi connectivity index (χ2n) is 6.45. The highest BCUT2D eigenvalue weighted by molar-refractivity contribution is 6.05. The number of ether oxygens (including phenoxy) is 1. The van der Waals surface area contributed by atoms with Crippen molar-refractivity contribution in [2.24, 2.45) is 0 Å². The summed E-state index contributed by atoms with van der Waals surface area (Å²) in [6.07, 6.45) is -10.1. The number of fused-ring (bicyclic) bond motifs is 1. The zero-order valence-corrected chi connectivity index (χ0v) is 16.8. The van der Waals surface area contributed by atoms with Gasteiger partial charge in [-0.3, -0.25) is 9.78 Å². The average molecular weight is 465 g/mol. The van der Waals surface area contributed by atoms with Crippen molar-refractivity contribution in [3.63, 3.8) is 0 Å². The Bertz CT molecular complexity index is 1100. The minimum atomic E-state index is -5.05. The SMILES string of the molecule is COc1cc(C)nc2ccc(NC(=O)c3cc(C(F)(F)F)cc(C(F)(F)F)c3)cc12.Cl. The maximum Gasteiger partial charge on any atom is 0.416 e. The third-order valence-electron chi connectivity index (χ3n) is 4.23. The Hall–Kier alpha value is -3.01. The van der Waals surface area contributed by atoms with E-state index in [-0.39, 0.29) is 24.2 Å². The van der Waals surface area contributed by atoms with Crippen LogP contribution in [0.2, 0.25) is 0 Å². The fourth-order valence-electron chi connectivity index (χ4n) is 2.86. The molecule has 166 valence electrons. The van der Waals surface area contributed by atoms with Crippen LogP contribution < -0.4 is 10.1 Å². The molecule has 1 amide bonds. The molecule has 0 atom stereocenters. The van der Waals surface area contributed by atoms with Crippen LogP contribution in [0.3, 0.4) is 0 Å². The van der Waals surface area contributed by atoms with E-state index in [0.717, 1.165) is 0 Å². The number of hydrogen-bond acceptors (Lipinski definition) is 3. The van der Waals surface area contributed by atoms with E-state index < -0.39 is 35.0 Å². The number of alkyl halides is 6. The largest absolute Gasteiger partial charge is 0.496 e. The summed E-state index contributed by atoms with van der Waals surface area (Å²) in [5.41, 5.74) is -2.53. The molecule has 0 saturated heterocycles. The molecule has 11 heteroatoms. The Morgan fingerprint density at radius 2 is 1.52 bits per heavy atom. The predicted octanol–water partition coefficient (Wildman–Crippen LogP) is 6.26. The highest BCUT2D eigenvalue weighted by Gasteiger charge is 2.37. The van der Waals surface area contributed by atoms with E-state index in [0.29, 0.717) is 34.5 Å². The van der Waals surface area contributed by atoms with Crippen LogP contribution in [-0.4, -0.2) is 18.0 Å². The summed E-state index contributed by atoms with van der Waals surface area (Å²) in [6.45, 7) is 1.75. The fraction of sp³-hybridized carbons (Fsp3) is 0.200. The van der Waals surface area contributed by atoms with Crippen molar-refractivity contribution in [1.29, 1.82) is 0 Å². The number of aryl methyl sites for hydroxylation is 1. The molecule has 0 radical (unpaired) electrons. The van der Waals surface area contributed by atoms with Crippen LogP contribution in [-0.2, 0) is 12.4 Å². The summed E-state index contributed by atoms with van der Waals surface area (Å²) in [4.78, 5) is 16.7. The first-order valence-corrected chi connectivity index (χ1v) is 8.45. The lowest BCUT2D eigenvalue weighted by molar-refractivity contribution is -0.143. The molecule has 1 aromatic heterocycles. The third-order valence-corrected chi connectivity index (χ3v) is 4.23. The number of pyridine rings is 1. The monoisotopic (exact) mass is 464 g/mol. The number of hydrogen-bond donors (Lipinski definition) is 1. The molecule has 0 spiro atoms. The fourth-order valence-corrected chi connectivity index (χ4v) is 2.86. The molecule has 0 fully saturated rings. The number of anilines is 1. The molecule has 1 heterocycles. The lowest BCUT2D eigenvalue weighted by atomic mass is 10.0. The minimum absolute atomic E-state index is 0. The van der Waals surface area contributed by atoms with Crippen molar-refractivity contribution in [3.8, 4) is 5.75 Å². The van der Waals surface area contributed by atoms with Crippen LogP contribution in [0.15, 0.2) is 42.5 Å². The number of rotatable bonds is 3. The lowest BCUT2D eigenvalue weighted by Gasteiger charge is -2.14. The predicted molar refractivity (Wildman–Crippen MR) is 105 cm³/mol. The lowest BCUT2D eigenvalue weighted by Crippen LogP contribution is -2.17. The second-order valence-corrected chi connectivity index (χ2v) is 6.45. The Kier molecular flexibility index (Phi) is 6.75. The van der Waals surface area contributed by atoms with Gasteiger partial charge in [0.2, 0.25) is 0 Å². The molecule has 4 nitrogen and oxygen atoms in total. The number of amides is 1. The molecular weight excluding hydrogens is 450 g/mol. The van der Waals surface area contributed by atoms with Gasteiger partial charge in [-0.25, -0.2) is 0 Å². The number of halogens is 7. The van der Waals surface area contributed by atoms with Crippen LogP contribution in [0.5, 0.6) is 5.75 Å². The summed E-state index contributed by atoms with van der Waals surface area (Å²) in [5.74, 6) is -0.669. The average Bonchev–Trinajstić information content (AvgIpc) is 2.65. The molecule has 0 unspecified atom stereocenters. The van der Waals surface area contributed by atoms with Gasteiger partial charge in [0.05, 0.1) is 23.8 Å². The van der Waals surface area contributed by atoms with Gasteiger partial charge in [0, 0.05) is 28.4 Å². The van der Waals surface area contributed by atoms with Crippen LogP contribution in [0, 0.1) is 6.92 Å². The van der Waals surface area contributed by atoms with Gasteiger partial charge in [-0.2, -0.15) is 26.3 Å². The maximum absolute atomic E-state index is 13.0. The van der Waals surface area contributed by atoms with Gasteiger partial charge in [0.1, 0.15) is 5.75 Å². The van der Waals surface area contributed by atoms with Crippen molar-refractivity contribution in [3.05, 3.63) is 64.8 Å². The topological polar surface area (TPSA) is 51.2 Å². The second kappa shape index (κ2) is 8.62. The molecule has 31 heavy (non-hydrogen) atoms. The van der Waals surface area contributed by atoms with E-state index in [1.165, 1.54) is 19.2 Å². The van der Waals surface area contributed by atoms with Gasteiger partial charge in [-0.1, -0.05) is 0 Å². The third kappa shape index (κ3) is 5.38. The van der Waals surface area contributed by atoms with Gasteiger partial charge >= 0.3 is 12.4 Å². The van der Waals surface area contributed by atoms with Crippen molar-refractivity contribution >= 4 is 34.9 Å². The van der Waals surface area contributed by atoms with Crippen LogP contribution in [0.4, 0.5) is 32.0 Å². The molecule has 3 rings (SSSR count). The molecule has 3 aromatic rings. The Labute approximate surface area is 178 Å². The zero-order valence-electron chi connectivity index (χ0n) is 16.0. The number of methoxy groups -OCH3 is 1. The van der Waals surface area contributed by atoms with Crippen molar-refractivity contribution < 1.29 is 35.9 Å². The van der Waals surface area contributed by atoms with Crippen molar-refractivity contribution in [1.82, 2.24) is 4.98 Å². The van der Waals surface area contributed by atoms with Crippen LogP contribution >= 0.6 is 12.4 Å². The Morgan fingerprint density at radius 3 is 2.03 bits per heavy atom. The number of aromatic nitrogens is 1. The molecule has 0 saturated carbocycles. The molecule has 0 bridgehead atoms. The summed E-state index contributed by atoms with van der Waals surface area (Å²) in [5, 5.41) is 2.83. The Morgan fingerprint density at radius 1 is 0.935 bits per heavy atom. The van der Waals surface area contributed by atoms with Gasteiger partial charge in [0.15, 0.2) is 0 Å². The van der Waals surface area contributed by atoms with E-state index in [2.05, 4.69) is 10.3 Å². The first kappa shape index (κ1) is 24.3. The van der Waals surface area contributed by atoms with Gasteiger partial charge < -0.3 is 10.1 Å². The quantitative estimate of drug-likeness (QED) is 0.465. The highest BCUT2D eigenvalue weighted by atomic mass is 35.5. The van der Waals surface area contributed by atoms with E-state index in [9.17, 15) is 31.1 Å². The molecule has 0 aliphatic rings. The van der Waals surface area contributed by atoms with E-state index in [1.807, 2.05) is 0 Å². The molecule has 1 N–H and O–H groups in total. The number of carbonyl (C=O) groups excluding carboxylic acids is 1. The zero-order chi connectivity index (χ0) is 22.3. The van der Waals surface area contributed by atoms with E-state index >= 15 is 0 Å². The van der Waals surface area contributed by atoms with Crippen LogP contribution in [0.25, 0.3) is 10.9 Å². The van der Waals surface area contributed by atoms with Crippen LogP contribution in [0.1, 0.15) is 27.2 Å². The van der Waals surface area contributed by atoms with Crippen molar-refractivity contribution in [2.45, 2.75) is 19.3 Å². The molecular formula is C20H15ClF6N2O2. The molecule has 0 aliphatic heterocycles. The number of nitrogens with zero attached hydrogens (tertiary/aromatic N) is 1. The summed E-state index contributed by atoms with van der Waals surface area (Å²) < 4.78 is 83.2. The number of carbonyl (C=O) groups is 1. The Balaban J connectivity index is 0.00000341.